The molecule has 1 aromatic carbocycles. The molecule has 1 aliphatic heterocycles. The van der Waals surface area contributed by atoms with Gasteiger partial charge in [0.2, 0.25) is 5.91 Å². The fourth-order valence-electron chi connectivity index (χ4n) is 2.76. The summed E-state index contributed by atoms with van der Waals surface area (Å²) in [6.45, 7) is 0.369. The Balaban J connectivity index is 1.82. The molecule has 1 heterocycles. The molecule has 0 radical (unpaired) electrons. The summed E-state index contributed by atoms with van der Waals surface area (Å²) in [6, 6.07) is 6.15. The maximum atomic E-state index is 13.4. The molecule has 1 amide bonds. The van der Waals surface area contributed by atoms with Gasteiger partial charge in [-0.2, -0.15) is 13.2 Å². The molecule has 1 aromatic rings. The van der Waals surface area contributed by atoms with Gasteiger partial charge in [-0.1, -0.05) is 30.4 Å². The van der Waals surface area contributed by atoms with Gasteiger partial charge in [-0.25, -0.2) is 4.39 Å². The normalized spacial score (nSPS) is 18.1. The Morgan fingerprint density at radius 3 is 2.50 bits per heavy atom. The zero-order valence-electron chi connectivity index (χ0n) is 13.0. The first kappa shape index (κ1) is 18.4. The van der Waals surface area contributed by atoms with Crippen molar-refractivity contribution in [3.05, 3.63) is 41.7 Å². The number of benzene rings is 1. The Morgan fingerprint density at radius 2 is 1.92 bits per heavy atom. The third kappa shape index (κ3) is 4.80. The van der Waals surface area contributed by atoms with E-state index in [1.165, 1.54) is 23.1 Å². The van der Waals surface area contributed by atoms with Crippen molar-refractivity contribution >= 4 is 12.0 Å². The minimum absolute atomic E-state index is 0.0564. The number of amides is 1. The van der Waals surface area contributed by atoms with E-state index in [0.717, 1.165) is 0 Å². The molecule has 1 unspecified atom stereocenters. The van der Waals surface area contributed by atoms with Crippen molar-refractivity contribution in [1.29, 1.82) is 0 Å². The third-order valence-corrected chi connectivity index (χ3v) is 4.17. The van der Waals surface area contributed by atoms with Gasteiger partial charge in [-0.3, -0.25) is 4.79 Å². The first-order chi connectivity index (χ1) is 11.3. The van der Waals surface area contributed by atoms with Gasteiger partial charge in [-0.05, 0) is 24.8 Å². The predicted octanol–water partition coefficient (Wildman–Crippen LogP) is 3.39. The van der Waals surface area contributed by atoms with Gasteiger partial charge < -0.3 is 10.0 Å². The van der Waals surface area contributed by atoms with Crippen LogP contribution >= 0.6 is 0 Å². The minimum atomic E-state index is -4.63. The van der Waals surface area contributed by atoms with E-state index in [-0.39, 0.29) is 44.1 Å². The fraction of sp³-hybridized carbons (Fsp3) is 0.471. The Kier molecular flexibility index (Phi) is 5.99. The zero-order valence-corrected chi connectivity index (χ0v) is 13.0. The maximum Gasteiger partial charge on any atom is 0.414 e. The lowest BCUT2D eigenvalue weighted by atomic mass is 9.91. The molecular weight excluding hydrogens is 326 g/mol. The highest BCUT2D eigenvalue weighted by atomic mass is 19.4. The number of alkyl halides is 3. The molecule has 1 aliphatic rings. The highest BCUT2D eigenvalue weighted by molar-refractivity contribution is 5.78. The van der Waals surface area contributed by atoms with E-state index in [9.17, 15) is 27.5 Å². The van der Waals surface area contributed by atoms with Gasteiger partial charge in [0.1, 0.15) is 5.82 Å². The lowest BCUT2D eigenvalue weighted by Gasteiger charge is -2.34. The lowest BCUT2D eigenvalue weighted by molar-refractivity contribution is -0.222. The maximum absolute atomic E-state index is 13.4. The fourth-order valence-corrected chi connectivity index (χ4v) is 2.76. The van der Waals surface area contributed by atoms with Gasteiger partial charge >= 0.3 is 6.18 Å². The highest BCUT2D eigenvalue weighted by Crippen LogP contribution is 2.31. The monoisotopic (exact) mass is 345 g/mol. The molecule has 132 valence electrons. The molecule has 24 heavy (non-hydrogen) atoms. The van der Waals surface area contributed by atoms with E-state index < -0.39 is 18.2 Å². The molecule has 0 saturated carbocycles. The van der Waals surface area contributed by atoms with Gasteiger partial charge in [0.05, 0.1) is 0 Å². The van der Waals surface area contributed by atoms with E-state index in [4.69, 9.17) is 0 Å². The Hall–Kier alpha value is -1.89. The molecule has 1 atom stereocenters. The summed E-state index contributed by atoms with van der Waals surface area (Å²) in [4.78, 5) is 13.5. The SMILES string of the molecule is O=C(C/C=C/c1ccccc1F)N1CCC(C(O)C(F)(F)F)CC1. The number of aliphatic hydroxyl groups is 1. The number of nitrogens with zero attached hydrogens (tertiary/aromatic N) is 1. The quantitative estimate of drug-likeness (QED) is 0.850. The van der Waals surface area contributed by atoms with Crippen molar-refractivity contribution < 1.29 is 27.5 Å². The molecule has 0 spiro atoms. The van der Waals surface area contributed by atoms with Gasteiger partial charge in [0.15, 0.2) is 6.10 Å². The van der Waals surface area contributed by atoms with Crippen LogP contribution in [-0.2, 0) is 4.79 Å². The topological polar surface area (TPSA) is 40.5 Å². The van der Waals surface area contributed by atoms with Crippen LogP contribution in [0.5, 0.6) is 0 Å². The van der Waals surface area contributed by atoms with Crippen LogP contribution in [0.4, 0.5) is 17.6 Å². The van der Waals surface area contributed by atoms with Crippen molar-refractivity contribution in [1.82, 2.24) is 4.90 Å². The summed E-state index contributed by atoms with van der Waals surface area (Å²) < 4.78 is 50.9. The van der Waals surface area contributed by atoms with E-state index in [2.05, 4.69) is 0 Å². The average Bonchev–Trinajstić information content (AvgIpc) is 2.55. The number of aliphatic hydroxyl groups excluding tert-OH is 1. The average molecular weight is 345 g/mol. The summed E-state index contributed by atoms with van der Waals surface area (Å²) in [5, 5.41) is 9.25. The van der Waals surface area contributed by atoms with Crippen molar-refractivity contribution in [3.8, 4) is 0 Å². The summed E-state index contributed by atoms with van der Waals surface area (Å²) >= 11 is 0. The Morgan fingerprint density at radius 1 is 1.29 bits per heavy atom. The van der Waals surface area contributed by atoms with Crippen LogP contribution in [0, 0.1) is 11.7 Å². The van der Waals surface area contributed by atoms with Crippen molar-refractivity contribution in [2.45, 2.75) is 31.5 Å². The molecule has 1 N–H and O–H groups in total. The van der Waals surface area contributed by atoms with Gasteiger partial charge in [-0.15, -0.1) is 0 Å². The van der Waals surface area contributed by atoms with Crippen LogP contribution in [0.2, 0.25) is 0 Å². The van der Waals surface area contributed by atoms with Crippen LogP contribution in [0.25, 0.3) is 6.08 Å². The molecule has 2 rings (SSSR count). The molecule has 0 bridgehead atoms. The second-order valence-corrected chi connectivity index (χ2v) is 5.83. The van der Waals surface area contributed by atoms with E-state index in [1.54, 1.807) is 18.2 Å². The molecule has 1 saturated heterocycles. The predicted molar refractivity (Wildman–Crippen MR) is 81.4 cm³/mol. The smallest absolute Gasteiger partial charge is 0.383 e. The summed E-state index contributed by atoms with van der Waals surface area (Å²) in [7, 11) is 0. The number of carbonyl (C=O) groups excluding carboxylic acids is 1. The number of rotatable bonds is 4. The van der Waals surface area contributed by atoms with Crippen LogP contribution in [-0.4, -0.2) is 41.3 Å². The standard InChI is InChI=1S/C17H19F4NO2/c18-14-6-2-1-4-12(14)5-3-7-15(23)22-10-8-13(9-11-22)16(24)17(19,20)21/h1-6,13,16,24H,7-11H2/b5-3+. The Labute approximate surface area is 137 Å². The lowest BCUT2D eigenvalue weighted by Crippen LogP contribution is -2.45. The van der Waals surface area contributed by atoms with Crippen LogP contribution in [0.1, 0.15) is 24.8 Å². The van der Waals surface area contributed by atoms with Crippen molar-refractivity contribution in [2.24, 2.45) is 5.92 Å². The number of likely N-dealkylation sites (tertiary alicyclic amines) is 1. The van der Waals surface area contributed by atoms with Gasteiger partial charge in [0, 0.05) is 25.1 Å². The van der Waals surface area contributed by atoms with E-state index >= 15 is 0 Å². The van der Waals surface area contributed by atoms with Crippen LogP contribution < -0.4 is 0 Å². The zero-order chi connectivity index (χ0) is 17.7. The summed E-state index contributed by atoms with van der Waals surface area (Å²) in [5.74, 6) is -1.48. The molecule has 3 nitrogen and oxygen atoms in total. The van der Waals surface area contributed by atoms with Crippen molar-refractivity contribution in [2.75, 3.05) is 13.1 Å². The van der Waals surface area contributed by atoms with E-state index in [1.807, 2.05) is 0 Å². The number of piperidine rings is 1. The summed E-state index contributed by atoms with van der Waals surface area (Å²) in [5.41, 5.74) is 0.373. The molecule has 0 aliphatic carbocycles. The van der Waals surface area contributed by atoms with Crippen molar-refractivity contribution in [3.63, 3.8) is 0 Å². The number of hydrogen-bond donors (Lipinski definition) is 1. The largest absolute Gasteiger partial charge is 0.414 e. The van der Waals surface area contributed by atoms with Crippen LogP contribution in [0.15, 0.2) is 30.3 Å². The third-order valence-electron chi connectivity index (χ3n) is 4.17. The highest BCUT2D eigenvalue weighted by Gasteiger charge is 2.44. The summed E-state index contributed by atoms with van der Waals surface area (Å²) in [6.07, 6.45) is -3.63. The van der Waals surface area contributed by atoms with Crippen LogP contribution in [0.3, 0.4) is 0 Å². The molecule has 0 aromatic heterocycles. The second-order valence-electron chi connectivity index (χ2n) is 5.83. The first-order valence-corrected chi connectivity index (χ1v) is 7.72. The minimum Gasteiger partial charge on any atom is -0.383 e. The molecular formula is C17H19F4NO2. The number of carbonyl (C=O) groups is 1. The number of hydrogen-bond acceptors (Lipinski definition) is 2. The molecule has 1 fully saturated rings. The molecule has 7 heteroatoms. The second kappa shape index (κ2) is 7.79. The van der Waals surface area contributed by atoms with E-state index in [0.29, 0.717) is 5.56 Å². The van der Waals surface area contributed by atoms with Gasteiger partial charge in [0.25, 0.3) is 0 Å². The Bertz CT molecular complexity index is 592. The first-order valence-electron chi connectivity index (χ1n) is 7.72. The number of halogens is 4.